The third-order valence-electron chi connectivity index (χ3n) is 2.26. The van der Waals surface area contributed by atoms with Crippen LogP contribution < -0.4 is 4.74 Å². The molecule has 0 aliphatic carbocycles. The van der Waals surface area contributed by atoms with Gasteiger partial charge in [-0.15, -0.1) is 0 Å². The molecule has 0 unspecified atom stereocenters. The van der Waals surface area contributed by atoms with E-state index in [1.165, 1.54) is 0 Å². The summed E-state index contributed by atoms with van der Waals surface area (Å²) in [4.78, 5) is 10.5. The lowest BCUT2D eigenvalue weighted by Gasteiger charge is -2.10. The van der Waals surface area contributed by atoms with Gasteiger partial charge in [0.2, 0.25) is 0 Å². The summed E-state index contributed by atoms with van der Waals surface area (Å²) < 4.78 is 33.8. The van der Waals surface area contributed by atoms with Crippen molar-refractivity contribution in [1.82, 2.24) is 0 Å². The van der Waals surface area contributed by atoms with Crippen LogP contribution in [0.4, 0.5) is 8.78 Å². The van der Waals surface area contributed by atoms with Crippen molar-refractivity contribution in [3.8, 4) is 11.5 Å². The molecule has 6 heteroatoms. The minimum atomic E-state index is -0.933. The Morgan fingerprint density at radius 3 is 2.21 bits per heavy atom. The van der Waals surface area contributed by atoms with E-state index in [2.05, 4.69) is 31.9 Å². The van der Waals surface area contributed by atoms with Gasteiger partial charge >= 0.3 is 0 Å². The van der Waals surface area contributed by atoms with Gasteiger partial charge in [0.15, 0.2) is 17.4 Å². The Morgan fingerprint density at radius 1 is 1.05 bits per heavy atom. The normalized spacial score (nSPS) is 10.3. The Hall–Kier alpha value is -1.27. The van der Waals surface area contributed by atoms with Crippen molar-refractivity contribution >= 4 is 38.1 Å². The highest BCUT2D eigenvalue weighted by Crippen LogP contribution is 2.34. The van der Waals surface area contributed by atoms with Crippen molar-refractivity contribution in [2.45, 2.75) is 0 Å². The molecule has 0 spiro atoms. The first-order valence-corrected chi connectivity index (χ1v) is 6.67. The van der Waals surface area contributed by atoms with E-state index in [4.69, 9.17) is 4.74 Å². The Labute approximate surface area is 124 Å². The Morgan fingerprint density at radius 2 is 1.68 bits per heavy atom. The van der Waals surface area contributed by atoms with Crippen LogP contribution in [0.3, 0.4) is 0 Å². The number of rotatable bonds is 3. The number of carbonyl (C=O) groups is 1. The van der Waals surface area contributed by atoms with Gasteiger partial charge in [-0.1, -0.05) is 15.9 Å². The molecule has 0 radical (unpaired) electrons. The van der Waals surface area contributed by atoms with Gasteiger partial charge in [-0.25, -0.2) is 8.78 Å². The second-order valence-corrected chi connectivity index (χ2v) is 5.38. The number of hydrogen-bond acceptors (Lipinski definition) is 2. The maximum absolute atomic E-state index is 13.6. The number of ether oxygens (including phenoxy) is 1. The lowest BCUT2D eigenvalue weighted by molar-refractivity contribution is 0.112. The monoisotopic (exact) mass is 390 g/mol. The molecule has 0 bridgehead atoms. The zero-order chi connectivity index (χ0) is 14.0. The van der Waals surface area contributed by atoms with E-state index in [9.17, 15) is 13.6 Å². The average Bonchev–Trinajstić information content (AvgIpc) is 2.35. The Balaban J connectivity index is 2.41. The van der Waals surface area contributed by atoms with Gasteiger partial charge < -0.3 is 4.74 Å². The first kappa shape index (κ1) is 14.1. The highest BCUT2D eigenvalue weighted by molar-refractivity contribution is 9.11. The summed E-state index contributed by atoms with van der Waals surface area (Å²) in [6, 6.07) is 6.75. The van der Waals surface area contributed by atoms with Crippen LogP contribution in [0.2, 0.25) is 0 Å². The SMILES string of the molecule is O=Cc1cc(F)c(Oc2ccc(Br)cc2Br)c(F)c1. The van der Waals surface area contributed by atoms with Crippen LogP contribution in [0.15, 0.2) is 39.3 Å². The first-order valence-electron chi connectivity index (χ1n) is 5.08. The zero-order valence-electron chi connectivity index (χ0n) is 9.29. The van der Waals surface area contributed by atoms with Gasteiger partial charge in [0.05, 0.1) is 4.47 Å². The molecule has 0 fully saturated rings. The van der Waals surface area contributed by atoms with E-state index in [1.54, 1.807) is 18.2 Å². The van der Waals surface area contributed by atoms with Gasteiger partial charge in [0.25, 0.3) is 0 Å². The van der Waals surface area contributed by atoms with Gasteiger partial charge in [0.1, 0.15) is 12.0 Å². The third-order valence-corrected chi connectivity index (χ3v) is 3.38. The lowest BCUT2D eigenvalue weighted by Crippen LogP contribution is -1.95. The molecule has 0 atom stereocenters. The molecule has 0 saturated carbocycles. The van der Waals surface area contributed by atoms with Crippen LogP contribution in [-0.2, 0) is 0 Å². The zero-order valence-corrected chi connectivity index (χ0v) is 12.5. The van der Waals surface area contributed by atoms with Crippen molar-refractivity contribution in [3.63, 3.8) is 0 Å². The van der Waals surface area contributed by atoms with E-state index < -0.39 is 17.4 Å². The van der Waals surface area contributed by atoms with Gasteiger partial charge in [0, 0.05) is 10.0 Å². The van der Waals surface area contributed by atoms with Crippen LogP contribution in [0.5, 0.6) is 11.5 Å². The molecule has 0 heterocycles. The van der Waals surface area contributed by atoms with Crippen molar-refractivity contribution in [2.24, 2.45) is 0 Å². The summed E-state index contributed by atoms with van der Waals surface area (Å²) in [6.45, 7) is 0. The van der Waals surface area contributed by atoms with E-state index >= 15 is 0 Å². The fraction of sp³-hybridized carbons (Fsp3) is 0. The van der Waals surface area contributed by atoms with Crippen LogP contribution in [0.25, 0.3) is 0 Å². The second kappa shape index (κ2) is 5.79. The minimum absolute atomic E-state index is 0.0859. The van der Waals surface area contributed by atoms with Gasteiger partial charge in [-0.3, -0.25) is 4.79 Å². The molecule has 0 aliphatic rings. The molecule has 2 aromatic carbocycles. The molecule has 2 aromatic rings. The molecule has 98 valence electrons. The van der Waals surface area contributed by atoms with Crippen LogP contribution in [-0.4, -0.2) is 6.29 Å². The van der Waals surface area contributed by atoms with E-state index in [0.29, 0.717) is 10.8 Å². The van der Waals surface area contributed by atoms with Crippen LogP contribution in [0, 0.1) is 11.6 Å². The summed E-state index contributed by atoms with van der Waals surface area (Å²) in [7, 11) is 0. The Kier molecular flexibility index (Phi) is 4.31. The summed E-state index contributed by atoms with van der Waals surface area (Å²) in [5.74, 6) is -2.15. The Bertz CT molecular complexity index is 622. The molecule has 2 nitrogen and oxygen atoms in total. The van der Waals surface area contributed by atoms with Crippen molar-refractivity contribution in [3.05, 3.63) is 56.5 Å². The first-order chi connectivity index (χ1) is 9.01. The van der Waals surface area contributed by atoms with E-state index in [0.717, 1.165) is 16.6 Å². The number of hydrogen-bond donors (Lipinski definition) is 0. The van der Waals surface area contributed by atoms with Crippen LogP contribution >= 0.6 is 31.9 Å². The summed E-state index contributed by atoms with van der Waals surface area (Å²) in [5, 5.41) is 0. The average molecular weight is 392 g/mol. The highest BCUT2D eigenvalue weighted by Gasteiger charge is 2.15. The van der Waals surface area contributed by atoms with Crippen molar-refractivity contribution in [1.29, 1.82) is 0 Å². The molecule has 0 amide bonds. The van der Waals surface area contributed by atoms with Crippen molar-refractivity contribution < 1.29 is 18.3 Å². The predicted molar refractivity (Wildman–Crippen MR) is 73.7 cm³/mol. The molecule has 0 saturated heterocycles. The van der Waals surface area contributed by atoms with Crippen molar-refractivity contribution in [2.75, 3.05) is 0 Å². The fourth-order valence-electron chi connectivity index (χ4n) is 1.41. The van der Waals surface area contributed by atoms with Gasteiger partial charge in [-0.05, 0) is 46.3 Å². The summed E-state index contributed by atoms with van der Waals surface area (Å²) >= 11 is 6.48. The number of aldehydes is 1. The van der Waals surface area contributed by atoms with Gasteiger partial charge in [-0.2, -0.15) is 0 Å². The second-order valence-electron chi connectivity index (χ2n) is 3.61. The summed E-state index contributed by atoms with van der Waals surface area (Å²) in [6.07, 6.45) is 0.367. The molecule has 0 aliphatic heterocycles. The summed E-state index contributed by atoms with van der Waals surface area (Å²) in [5.41, 5.74) is -0.0859. The number of carbonyl (C=O) groups excluding carboxylic acids is 1. The molecule has 0 N–H and O–H groups in total. The standard InChI is InChI=1S/C13H6Br2F2O2/c14-8-1-2-12(9(15)5-8)19-13-10(16)3-7(6-18)4-11(13)17/h1-6H. The van der Waals surface area contributed by atoms with Crippen LogP contribution in [0.1, 0.15) is 10.4 Å². The van der Waals surface area contributed by atoms with E-state index in [-0.39, 0.29) is 11.3 Å². The molecular weight excluding hydrogens is 386 g/mol. The molecule has 19 heavy (non-hydrogen) atoms. The quantitative estimate of drug-likeness (QED) is 0.681. The molecular formula is C13H6Br2F2O2. The largest absolute Gasteiger partial charge is 0.450 e. The fourth-order valence-corrected chi connectivity index (χ4v) is 2.54. The molecule has 2 rings (SSSR count). The maximum Gasteiger partial charge on any atom is 0.198 e. The predicted octanol–water partition coefficient (Wildman–Crippen LogP) is 5.09. The topological polar surface area (TPSA) is 26.3 Å². The number of benzene rings is 2. The van der Waals surface area contributed by atoms with E-state index in [1.807, 2.05) is 0 Å². The maximum atomic E-state index is 13.6. The lowest BCUT2D eigenvalue weighted by atomic mass is 10.2. The highest BCUT2D eigenvalue weighted by atomic mass is 79.9. The smallest absolute Gasteiger partial charge is 0.198 e. The number of halogens is 4. The molecule has 0 aromatic heterocycles. The minimum Gasteiger partial charge on any atom is -0.450 e. The third kappa shape index (κ3) is 3.19.